The van der Waals surface area contributed by atoms with E-state index in [1.807, 2.05) is 12.3 Å². The summed E-state index contributed by atoms with van der Waals surface area (Å²) in [6, 6.07) is 5.21. The molecule has 1 amide bonds. The highest BCUT2D eigenvalue weighted by atomic mass is 79.9. The molecule has 0 atom stereocenters. The smallest absolute Gasteiger partial charge is 0.254 e. The molecule has 0 unspecified atom stereocenters. The van der Waals surface area contributed by atoms with E-state index in [0.29, 0.717) is 17.8 Å². The van der Waals surface area contributed by atoms with Gasteiger partial charge in [-0.3, -0.25) is 4.79 Å². The number of aromatic nitrogens is 1. The molecular formula is C13H14BrN3OS. The quantitative estimate of drug-likeness (QED) is 0.874. The van der Waals surface area contributed by atoms with Crippen LogP contribution in [0.5, 0.6) is 0 Å². The predicted octanol–water partition coefficient (Wildman–Crippen LogP) is 3.07. The summed E-state index contributed by atoms with van der Waals surface area (Å²) in [7, 11) is 1.76. The van der Waals surface area contributed by atoms with Gasteiger partial charge in [0.25, 0.3) is 5.91 Å². The molecule has 0 radical (unpaired) electrons. The van der Waals surface area contributed by atoms with Gasteiger partial charge in [0.1, 0.15) is 0 Å². The first-order chi connectivity index (χ1) is 8.97. The lowest BCUT2D eigenvalue weighted by Gasteiger charge is -2.16. The molecule has 1 heterocycles. The second-order valence-corrected chi connectivity index (χ2v) is 6.17. The van der Waals surface area contributed by atoms with Crippen LogP contribution in [0, 0.1) is 6.92 Å². The maximum Gasteiger partial charge on any atom is 0.254 e. The molecule has 6 heteroatoms. The first kappa shape index (κ1) is 14.0. The van der Waals surface area contributed by atoms with Gasteiger partial charge in [-0.2, -0.15) is 0 Å². The Morgan fingerprint density at radius 3 is 2.84 bits per heavy atom. The summed E-state index contributed by atoms with van der Waals surface area (Å²) in [6.45, 7) is 2.45. The van der Waals surface area contributed by atoms with Crippen LogP contribution >= 0.6 is 27.3 Å². The van der Waals surface area contributed by atoms with Crippen molar-refractivity contribution >= 4 is 38.9 Å². The van der Waals surface area contributed by atoms with Crippen LogP contribution in [0.2, 0.25) is 0 Å². The molecule has 2 N–H and O–H groups in total. The summed E-state index contributed by atoms with van der Waals surface area (Å²) < 4.78 is 0.793. The van der Waals surface area contributed by atoms with Crippen LogP contribution in [0.3, 0.4) is 0 Å². The number of anilines is 1. The van der Waals surface area contributed by atoms with Crippen molar-refractivity contribution in [3.05, 3.63) is 44.3 Å². The Labute approximate surface area is 124 Å². The maximum absolute atomic E-state index is 12.3. The highest BCUT2D eigenvalue weighted by Crippen LogP contribution is 2.21. The van der Waals surface area contributed by atoms with Gasteiger partial charge in [-0.15, -0.1) is 11.3 Å². The molecular weight excluding hydrogens is 326 g/mol. The van der Waals surface area contributed by atoms with Crippen LogP contribution in [-0.2, 0) is 6.54 Å². The van der Waals surface area contributed by atoms with Crippen molar-refractivity contribution in [3.63, 3.8) is 0 Å². The molecule has 4 nitrogen and oxygen atoms in total. The molecule has 0 saturated heterocycles. The topological polar surface area (TPSA) is 59.2 Å². The number of nitrogens with zero attached hydrogens (tertiary/aromatic N) is 2. The molecule has 100 valence electrons. The lowest BCUT2D eigenvalue weighted by atomic mass is 10.2. The number of rotatable bonds is 3. The minimum Gasteiger partial charge on any atom is -0.398 e. The molecule has 1 aromatic carbocycles. The predicted molar refractivity (Wildman–Crippen MR) is 81.2 cm³/mol. The van der Waals surface area contributed by atoms with Gasteiger partial charge in [-0.25, -0.2) is 4.98 Å². The molecule has 0 aliphatic rings. The highest BCUT2D eigenvalue weighted by molar-refractivity contribution is 9.10. The normalized spacial score (nSPS) is 10.5. The van der Waals surface area contributed by atoms with Crippen molar-refractivity contribution in [1.82, 2.24) is 9.88 Å². The number of aryl methyl sites for hydroxylation is 1. The average Bonchev–Trinajstić information content (AvgIpc) is 2.77. The molecule has 2 aromatic rings. The van der Waals surface area contributed by atoms with Crippen molar-refractivity contribution < 1.29 is 4.79 Å². The standard InChI is InChI=1S/C13H14BrN3OS/c1-8-16-10(7-19-8)6-17(2)13(18)9-3-4-11(14)12(15)5-9/h3-5,7H,6,15H2,1-2H3. The average molecular weight is 340 g/mol. The monoisotopic (exact) mass is 339 g/mol. The maximum atomic E-state index is 12.3. The molecule has 0 bridgehead atoms. The summed E-state index contributed by atoms with van der Waals surface area (Å²) in [5.74, 6) is -0.0650. The molecule has 0 aliphatic heterocycles. The van der Waals surface area contributed by atoms with E-state index in [2.05, 4.69) is 20.9 Å². The van der Waals surface area contributed by atoms with Crippen LogP contribution in [0.1, 0.15) is 21.1 Å². The van der Waals surface area contributed by atoms with Gasteiger partial charge < -0.3 is 10.6 Å². The molecule has 0 aliphatic carbocycles. The lowest BCUT2D eigenvalue weighted by molar-refractivity contribution is 0.0783. The van der Waals surface area contributed by atoms with Gasteiger partial charge >= 0.3 is 0 Å². The molecule has 0 saturated carbocycles. The second kappa shape index (κ2) is 5.71. The fraction of sp³-hybridized carbons (Fsp3) is 0.231. The molecule has 0 spiro atoms. The summed E-state index contributed by atoms with van der Waals surface area (Å²) in [5.41, 5.74) is 7.83. The van der Waals surface area contributed by atoms with Crippen molar-refractivity contribution in [1.29, 1.82) is 0 Å². The summed E-state index contributed by atoms with van der Waals surface area (Å²) in [6.07, 6.45) is 0. The first-order valence-electron chi connectivity index (χ1n) is 5.69. The number of carbonyl (C=O) groups excluding carboxylic acids is 1. The third kappa shape index (κ3) is 3.33. The Hall–Kier alpha value is -1.40. The van der Waals surface area contributed by atoms with E-state index in [0.717, 1.165) is 15.2 Å². The van der Waals surface area contributed by atoms with E-state index in [9.17, 15) is 4.79 Å². The Bertz CT molecular complexity index is 612. The number of carbonyl (C=O) groups is 1. The number of benzene rings is 1. The van der Waals surface area contributed by atoms with E-state index >= 15 is 0 Å². The van der Waals surface area contributed by atoms with E-state index in [-0.39, 0.29) is 5.91 Å². The Morgan fingerprint density at radius 1 is 1.53 bits per heavy atom. The number of amides is 1. The molecule has 2 rings (SSSR count). The van der Waals surface area contributed by atoms with Crippen LogP contribution in [0.15, 0.2) is 28.1 Å². The van der Waals surface area contributed by atoms with Crippen LogP contribution in [0.25, 0.3) is 0 Å². The Balaban J connectivity index is 2.12. The van der Waals surface area contributed by atoms with Gasteiger partial charge in [0.2, 0.25) is 0 Å². The van der Waals surface area contributed by atoms with Gasteiger partial charge in [0.15, 0.2) is 0 Å². The molecule has 0 fully saturated rings. The Kier molecular flexibility index (Phi) is 4.21. The fourth-order valence-corrected chi connectivity index (χ4v) is 2.54. The van der Waals surface area contributed by atoms with E-state index in [4.69, 9.17) is 5.73 Å². The van der Waals surface area contributed by atoms with Crippen LogP contribution in [0.4, 0.5) is 5.69 Å². The number of hydrogen-bond acceptors (Lipinski definition) is 4. The van der Waals surface area contributed by atoms with Gasteiger partial charge in [-0.05, 0) is 41.1 Å². The SMILES string of the molecule is Cc1nc(CN(C)C(=O)c2ccc(Br)c(N)c2)cs1. The first-order valence-corrected chi connectivity index (χ1v) is 7.36. The zero-order chi connectivity index (χ0) is 14.0. The lowest BCUT2D eigenvalue weighted by Crippen LogP contribution is -2.26. The minimum atomic E-state index is -0.0650. The minimum absolute atomic E-state index is 0.0650. The second-order valence-electron chi connectivity index (χ2n) is 4.26. The largest absolute Gasteiger partial charge is 0.398 e. The van der Waals surface area contributed by atoms with Crippen LogP contribution < -0.4 is 5.73 Å². The van der Waals surface area contributed by atoms with Crippen molar-refractivity contribution in [2.45, 2.75) is 13.5 Å². The molecule has 1 aromatic heterocycles. The zero-order valence-electron chi connectivity index (χ0n) is 10.7. The summed E-state index contributed by atoms with van der Waals surface area (Å²) >= 11 is 4.90. The number of hydrogen-bond donors (Lipinski definition) is 1. The number of nitrogen functional groups attached to an aromatic ring is 1. The van der Waals surface area contributed by atoms with E-state index < -0.39 is 0 Å². The number of halogens is 1. The molecule has 19 heavy (non-hydrogen) atoms. The summed E-state index contributed by atoms with van der Waals surface area (Å²) in [4.78, 5) is 18.2. The Morgan fingerprint density at radius 2 is 2.26 bits per heavy atom. The fourth-order valence-electron chi connectivity index (χ4n) is 1.69. The van der Waals surface area contributed by atoms with Crippen LogP contribution in [-0.4, -0.2) is 22.8 Å². The third-order valence-electron chi connectivity index (χ3n) is 2.66. The third-order valence-corrected chi connectivity index (χ3v) is 4.20. The summed E-state index contributed by atoms with van der Waals surface area (Å²) in [5, 5.41) is 2.97. The van der Waals surface area contributed by atoms with Crippen molar-refractivity contribution in [2.24, 2.45) is 0 Å². The number of nitrogens with two attached hydrogens (primary N) is 1. The zero-order valence-corrected chi connectivity index (χ0v) is 13.1. The van der Waals surface area contributed by atoms with Gasteiger partial charge in [0.05, 0.1) is 17.2 Å². The van der Waals surface area contributed by atoms with Gasteiger partial charge in [-0.1, -0.05) is 0 Å². The highest BCUT2D eigenvalue weighted by Gasteiger charge is 2.14. The van der Waals surface area contributed by atoms with E-state index in [1.54, 1.807) is 41.5 Å². The van der Waals surface area contributed by atoms with Crippen molar-refractivity contribution in [3.8, 4) is 0 Å². The van der Waals surface area contributed by atoms with Gasteiger partial charge in [0, 0.05) is 28.2 Å². The van der Waals surface area contributed by atoms with E-state index in [1.165, 1.54) is 0 Å². The number of thiazole rings is 1. The van der Waals surface area contributed by atoms with Crippen molar-refractivity contribution in [2.75, 3.05) is 12.8 Å².